The number of amidine groups is 1. The number of anilines is 1. The minimum Gasteiger partial charge on any atom is -0.380 e. The molecule has 3 aliphatic rings. The van der Waals surface area contributed by atoms with Crippen LogP contribution < -0.4 is 10.2 Å². The molecule has 0 spiro atoms. The summed E-state index contributed by atoms with van der Waals surface area (Å²) in [5.41, 5.74) is 3.60. The van der Waals surface area contributed by atoms with Gasteiger partial charge in [0.2, 0.25) is 0 Å². The van der Waals surface area contributed by atoms with Gasteiger partial charge in [-0.3, -0.25) is 14.8 Å². The van der Waals surface area contributed by atoms with Gasteiger partial charge >= 0.3 is 0 Å². The van der Waals surface area contributed by atoms with Crippen molar-refractivity contribution in [1.82, 2.24) is 20.1 Å². The van der Waals surface area contributed by atoms with Crippen LogP contribution in [0.5, 0.6) is 0 Å². The van der Waals surface area contributed by atoms with Crippen LogP contribution in [0.2, 0.25) is 5.02 Å². The largest absolute Gasteiger partial charge is 0.380 e. The molecular formula is C28H39ClN6O. The number of piperazine rings is 1. The summed E-state index contributed by atoms with van der Waals surface area (Å²) < 4.78 is 5.23. The number of aromatic nitrogens is 1. The van der Waals surface area contributed by atoms with Gasteiger partial charge in [-0.1, -0.05) is 42.8 Å². The molecule has 0 aliphatic carbocycles. The topological polar surface area (TPSA) is 56.2 Å². The molecule has 0 saturated carbocycles. The van der Waals surface area contributed by atoms with Gasteiger partial charge in [-0.2, -0.15) is 0 Å². The molecule has 2 aromatic rings. The lowest BCUT2D eigenvalue weighted by Crippen LogP contribution is -2.58. The Morgan fingerprint density at radius 2 is 1.86 bits per heavy atom. The molecule has 4 heterocycles. The molecule has 1 aromatic heterocycles. The summed E-state index contributed by atoms with van der Waals surface area (Å²) in [7, 11) is 1.75. The number of pyridine rings is 1. The van der Waals surface area contributed by atoms with Crippen LogP contribution in [0.15, 0.2) is 41.5 Å². The van der Waals surface area contributed by atoms with Crippen LogP contribution in [-0.2, 0) is 17.9 Å². The fraction of sp³-hybridized carbons (Fsp3) is 0.571. The average Bonchev–Trinajstić information content (AvgIpc) is 3.45. The lowest BCUT2D eigenvalue weighted by Gasteiger charge is -2.47. The van der Waals surface area contributed by atoms with E-state index in [1.807, 2.05) is 12.3 Å². The van der Waals surface area contributed by atoms with Gasteiger partial charge in [0.1, 0.15) is 11.7 Å². The van der Waals surface area contributed by atoms with Gasteiger partial charge in [-0.05, 0) is 49.5 Å². The Balaban J connectivity index is 1.15. The average molecular weight is 511 g/mol. The first kappa shape index (κ1) is 25.5. The summed E-state index contributed by atoms with van der Waals surface area (Å²) in [6, 6.07) is 12.1. The first-order valence-electron chi connectivity index (χ1n) is 13.4. The maximum Gasteiger partial charge on any atom is 0.147 e. The fourth-order valence-electron chi connectivity index (χ4n) is 5.87. The van der Waals surface area contributed by atoms with Crippen LogP contribution >= 0.6 is 11.6 Å². The van der Waals surface area contributed by atoms with E-state index >= 15 is 0 Å². The standard InChI is InChI=1S/C28H39ClN6O/c1-3-24-19-34(28-26(29)16-23(17-32-28)27-30-10-11-31-27)14-15-35(24)25-8-12-33(13-9-25)18-21-4-6-22(7-5-21)20-36-2/h4-7,16-17,24-25H,3,8-15,18-20H2,1-2H3,(H,30,31)/t24-/m0/s1. The monoisotopic (exact) mass is 510 g/mol. The van der Waals surface area contributed by atoms with Crippen molar-refractivity contribution in [2.45, 2.75) is 51.4 Å². The highest BCUT2D eigenvalue weighted by Gasteiger charge is 2.34. The lowest BCUT2D eigenvalue weighted by atomic mass is 9.97. The summed E-state index contributed by atoms with van der Waals surface area (Å²) in [6.07, 6.45) is 5.52. The fourth-order valence-corrected chi connectivity index (χ4v) is 6.15. The normalized spacial score (nSPS) is 22.0. The summed E-state index contributed by atoms with van der Waals surface area (Å²) in [5.74, 6) is 1.81. The highest BCUT2D eigenvalue weighted by Crippen LogP contribution is 2.30. The zero-order valence-corrected chi connectivity index (χ0v) is 22.4. The predicted molar refractivity (Wildman–Crippen MR) is 147 cm³/mol. The van der Waals surface area contributed by atoms with Gasteiger partial charge in [-0.25, -0.2) is 4.98 Å². The van der Waals surface area contributed by atoms with Gasteiger partial charge in [0, 0.05) is 63.7 Å². The minimum atomic E-state index is 0.530. The van der Waals surface area contributed by atoms with Crippen LogP contribution in [0.4, 0.5) is 5.82 Å². The maximum atomic E-state index is 6.71. The van der Waals surface area contributed by atoms with E-state index in [2.05, 4.69) is 56.2 Å². The van der Waals surface area contributed by atoms with Crippen LogP contribution in [-0.4, -0.2) is 85.6 Å². The second-order valence-electron chi connectivity index (χ2n) is 10.2. The van der Waals surface area contributed by atoms with E-state index in [1.165, 1.54) is 24.0 Å². The molecule has 3 aliphatic heterocycles. The smallest absolute Gasteiger partial charge is 0.147 e. The third-order valence-electron chi connectivity index (χ3n) is 7.83. The first-order valence-corrected chi connectivity index (χ1v) is 13.8. The Labute approximate surface area is 220 Å². The molecule has 2 saturated heterocycles. The van der Waals surface area contributed by atoms with Gasteiger partial charge < -0.3 is 15.0 Å². The molecule has 1 aromatic carbocycles. The number of hydrogen-bond donors (Lipinski definition) is 1. The first-order chi connectivity index (χ1) is 17.6. The maximum absolute atomic E-state index is 6.71. The second kappa shape index (κ2) is 11.9. The Kier molecular flexibility index (Phi) is 8.42. The Hall–Kier alpha value is -2.19. The molecule has 8 heteroatoms. The number of aliphatic imine (C=N–C) groups is 1. The number of rotatable bonds is 8. The molecule has 1 N–H and O–H groups in total. The molecule has 0 amide bonds. The zero-order valence-electron chi connectivity index (χ0n) is 21.6. The third-order valence-corrected chi connectivity index (χ3v) is 8.11. The molecule has 0 unspecified atom stereocenters. The molecule has 0 radical (unpaired) electrons. The second-order valence-corrected chi connectivity index (χ2v) is 10.6. The number of halogens is 1. The molecule has 36 heavy (non-hydrogen) atoms. The quantitative estimate of drug-likeness (QED) is 0.583. The van der Waals surface area contributed by atoms with E-state index < -0.39 is 0 Å². The highest BCUT2D eigenvalue weighted by molar-refractivity contribution is 6.33. The molecule has 5 rings (SSSR count). The van der Waals surface area contributed by atoms with E-state index in [9.17, 15) is 0 Å². The lowest BCUT2D eigenvalue weighted by molar-refractivity contribution is 0.0610. The molecule has 194 valence electrons. The predicted octanol–water partition coefficient (Wildman–Crippen LogP) is 3.80. The van der Waals surface area contributed by atoms with E-state index in [0.29, 0.717) is 18.7 Å². The highest BCUT2D eigenvalue weighted by atomic mass is 35.5. The third kappa shape index (κ3) is 5.86. The van der Waals surface area contributed by atoms with Crippen molar-refractivity contribution in [3.63, 3.8) is 0 Å². The zero-order chi connectivity index (χ0) is 24.9. The molecular weight excluding hydrogens is 472 g/mol. The van der Waals surface area contributed by atoms with Crippen molar-refractivity contribution in [3.8, 4) is 0 Å². The summed E-state index contributed by atoms with van der Waals surface area (Å²) >= 11 is 6.71. The SMILES string of the molecule is CC[C@H]1CN(c2ncc(C3=NCCN3)cc2Cl)CCN1C1CCN(Cc2ccc(COC)cc2)CC1. The van der Waals surface area contributed by atoms with Crippen LogP contribution in [0, 0.1) is 0 Å². The molecule has 2 fully saturated rings. The Bertz CT molecular complexity index is 1040. The summed E-state index contributed by atoms with van der Waals surface area (Å²) in [4.78, 5) is 17.0. The number of methoxy groups -OCH3 is 1. The number of hydrogen-bond acceptors (Lipinski definition) is 7. The van der Waals surface area contributed by atoms with Crippen molar-refractivity contribution in [3.05, 3.63) is 58.2 Å². The van der Waals surface area contributed by atoms with Crippen LogP contribution in [0.1, 0.15) is 42.9 Å². The number of nitrogens with zero attached hydrogens (tertiary/aromatic N) is 5. The van der Waals surface area contributed by atoms with Gasteiger partial charge in [0.05, 0.1) is 18.2 Å². The van der Waals surface area contributed by atoms with E-state index in [0.717, 1.165) is 81.0 Å². The molecule has 0 bridgehead atoms. The van der Waals surface area contributed by atoms with Crippen molar-refractivity contribution < 1.29 is 4.74 Å². The number of ether oxygens (including phenoxy) is 1. The minimum absolute atomic E-state index is 0.530. The van der Waals surface area contributed by atoms with E-state index in [4.69, 9.17) is 21.3 Å². The van der Waals surface area contributed by atoms with Crippen molar-refractivity contribution >= 4 is 23.3 Å². The number of benzene rings is 1. The number of likely N-dealkylation sites (tertiary alicyclic amines) is 1. The van der Waals surface area contributed by atoms with Crippen LogP contribution in [0.25, 0.3) is 0 Å². The number of piperidine rings is 1. The Morgan fingerprint density at radius 1 is 1.08 bits per heavy atom. The Morgan fingerprint density at radius 3 is 2.53 bits per heavy atom. The summed E-state index contributed by atoms with van der Waals surface area (Å²) in [6.45, 7) is 11.1. The molecule has 1 atom stereocenters. The van der Waals surface area contributed by atoms with Crippen molar-refractivity contribution in [1.29, 1.82) is 0 Å². The van der Waals surface area contributed by atoms with Gasteiger partial charge in [-0.15, -0.1) is 0 Å². The van der Waals surface area contributed by atoms with Gasteiger partial charge in [0.25, 0.3) is 0 Å². The van der Waals surface area contributed by atoms with E-state index in [1.54, 1.807) is 7.11 Å². The summed E-state index contributed by atoms with van der Waals surface area (Å²) in [5, 5.41) is 4.02. The van der Waals surface area contributed by atoms with Crippen molar-refractivity contribution in [2.75, 3.05) is 57.8 Å². The van der Waals surface area contributed by atoms with Crippen molar-refractivity contribution in [2.24, 2.45) is 4.99 Å². The van der Waals surface area contributed by atoms with Crippen LogP contribution in [0.3, 0.4) is 0 Å². The number of nitrogens with one attached hydrogen (secondary N) is 1. The van der Waals surface area contributed by atoms with E-state index in [-0.39, 0.29) is 0 Å². The van der Waals surface area contributed by atoms with Gasteiger partial charge in [0.15, 0.2) is 0 Å². The molecule has 7 nitrogen and oxygen atoms in total.